The maximum absolute atomic E-state index is 11.6. The molecule has 5 nitrogen and oxygen atoms in total. The van der Waals surface area contributed by atoms with E-state index in [1.807, 2.05) is 12.3 Å². The van der Waals surface area contributed by atoms with Crippen molar-refractivity contribution in [1.29, 1.82) is 0 Å². The number of nitrogens with zero attached hydrogens (tertiary/aromatic N) is 2. The number of hydrogen-bond donors (Lipinski definition) is 0. The van der Waals surface area contributed by atoms with Gasteiger partial charge in [0.15, 0.2) is 0 Å². The van der Waals surface area contributed by atoms with E-state index in [9.17, 15) is 13.2 Å². The number of hydrogen-bond acceptors (Lipinski definition) is 6. The molecule has 2 aromatic carbocycles. The van der Waals surface area contributed by atoms with Crippen molar-refractivity contribution in [2.75, 3.05) is 0 Å². The number of benzene rings is 2. The van der Waals surface area contributed by atoms with E-state index in [1.165, 1.54) is 36.6 Å². The van der Waals surface area contributed by atoms with E-state index in [4.69, 9.17) is 4.18 Å². The molecule has 0 amide bonds. The van der Waals surface area contributed by atoms with E-state index in [0.717, 1.165) is 16.4 Å². The highest BCUT2D eigenvalue weighted by Gasteiger charge is 2.31. The molecule has 0 radical (unpaired) electrons. The molecule has 0 N–H and O–H groups in total. The molecule has 0 atom stereocenters. The Bertz CT molecular complexity index is 1160. The summed E-state index contributed by atoms with van der Waals surface area (Å²) in [6.45, 7) is 2.24. The van der Waals surface area contributed by atoms with Crippen LogP contribution in [0.1, 0.15) is 31.7 Å². The lowest BCUT2D eigenvalue weighted by molar-refractivity contribution is -0.441. The molecule has 0 saturated carbocycles. The van der Waals surface area contributed by atoms with Gasteiger partial charge in [0.25, 0.3) is 12.3 Å². The van der Waals surface area contributed by atoms with Crippen LogP contribution in [0.3, 0.4) is 0 Å². The van der Waals surface area contributed by atoms with Crippen LogP contribution in [0.5, 0.6) is 5.75 Å². The Morgan fingerprint density at radius 2 is 1.52 bits per heavy atom. The Balaban J connectivity index is 0.000000189. The Labute approximate surface area is 194 Å². The van der Waals surface area contributed by atoms with Gasteiger partial charge < -0.3 is 4.18 Å². The molecule has 0 bridgehead atoms. The fourth-order valence-corrected chi connectivity index (χ4v) is 3.39. The summed E-state index contributed by atoms with van der Waals surface area (Å²) >= 11 is 0.0791. The first kappa shape index (κ1) is 24.8. The van der Waals surface area contributed by atoms with Crippen molar-refractivity contribution in [2.24, 2.45) is 0 Å². The van der Waals surface area contributed by atoms with Gasteiger partial charge in [0.2, 0.25) is 0 Å². The zero-order valence-corrected chi connectivity index (χ0v) is 18.7. The lowest BCUT2D eigenvalue weighted by atomic mass is 10.0. The van der Waals surface area contributed by atoms with Crippen LogP contribution < -0.4 is 4.18 Å². The molecule has 0 aliphatic heterocycles. The third kappa shape index (κ3) is 8.53. The van der Waals surface area contributed by atoms with Crippen LogP contribution in [0.2, 0.25) is 0 Å². The topological polar surface area (TPSA) is 53.5 Å². The number of alkyl halides is 3. The number of unbranched alkanes of at least 4 members (excludes halogenated alkanes) is 2. The predicted octanol–water partition coefficient (Wildman–Crippen LogP) is 7.61. The van der Waals surface area contributed by atoms with Crippen LogP contribution in [0.4, 0.5) is 13.2 Å². The van der Waals surface area contributed by atoms with E-state index in [-0.39, 0.29) is 12.3 Å². The second kappa shape index (κ2) is 12.4. The number of halogens is 3. The second-order valence-electron chi connectivity index (χ2n) is 7.09. The van der Waals surface area contributed by atoms with Gasteiger partial charge in [0.1, 0.15) is 5.75 Å². The van der Waals surface area contributed by atoms with E-state index in [2.05, 4.69) is 50.4 Å². The third-order valence-corrected chi connectivity index (χ3v) is 4.98. The molecule has 0 saturated heterocycles. The average molecular weight is 477 g/mol. The van der Waals surface area contributed by atoms with Crippen molar-refractivity contribution < 1.29 is 26.6 Å². The molecule has 174 valence electrons. The Morgan fingerprint density at radius 1 is 0.848 bits per heavy atom. The summed E-state index contributed by atoms with van der Waals surface area (Å²) < 4.78 is 43.3. The molecule has 33 heavy (non-hydrogen) atoms. The van der Waals surface area contributed by atoms with Crippen molar-refractivity contribution in [3.63, 3.8) is 0 Å². The first-order chi connectivity index (χ1) is 15.9. The molecule has 4 rings (SSSR count). The predicted molar refractivity (Wildman–Crippen MR) is 123 cm³/mol. The van der Waals surface area contributed by atoms with Crippen molar-refractivity contribution >= 4 is 34.1 Å². The molecular weight excluding hydrogens is 453 g/mol. The van der Waals surface area contributed by atoms with Gasteiger partial charge in [0, 0.05) is 23.2 Å². The van der Waals surface area contributed by atoms with Gasteiger partial charge in [-0.1, -0.05) is 38.0 Å². The van der Waals surface area contributed by atoms with Gasteiger partial charge in [-0.15, -0.1) is 22.4 Å². The summed E-state index contributed by atoms with van der Waals surface area (Å²) in [5, 5.41) is 2.05. The largest absolute Gasteiger partial charge is 0.550 e. The minimum Gasteiger partial charge on any atom is -0.399 e. The lowest BCUT2D eigenvalue weighted by Gasteiger charge is -2.05. The van der Waals surface area contributed by atoms with Gasteiger partial charge in [-0.05, 0) is 60.9 Å². The first-order valence-electron chi connectivity index (χ1n) is 10.4. The van der Waals surface area contributed by atoms with E-state index in [1.54, 1.807) is 36.5 Å². The Hall–Kier alpha value is -2.88. The summed E-state index contributed by atoms with van der Waals surface area (Å²) in [6, 6.07) is 19.1. The SMILES string of the molecule is CCCCCc1ccc2ncccc2c1.FC(F)(F)OOSOc1ccc2ncccc2c1. The zero-order chi connectivity index (χ0) is 23.5. The molecule has 2 heterocycles. The van der Waals surface area contributed by atoms with Crippen LogP contribution in [0.25, 0.3) is 21.8 Å². The van der Waals surface area contributed by atoms with Crippen LogP contribution in [-0.2, 0) is 15.6 Å². The van der Waals surface area contributed by atoms with Crippen molar-refractivity contribution in [3.8, 4) is 5.75 Å². The van der Waals surface area contributed by atoms with E-state index < -0.39 is 6.36 Å². The maximum atomic E-state index is 11.6. The fraction of sp³-hybridized carbons (Fsp3) is 0.250. The van der Waals surface area contributed by atoms with Crippen molar-refractivity contribution in [1.82, 2.24) is 9.97 Å². The monoisotopic (exact) mass is 476 g/mol. The smallest absolute Gasteiger partial charge is 0.399 e. The minimum absolute atomic E-state index is 0.0791. The summed E-state index contributed by atoms with van der Waals surface area (Å²) in [6.07, 6.45) is 3.72. The summed E-state index contributed by atoms with van der Waals surface area (Å²) in [5.41, 5.74) is 3.28. The highest BCUT2D eigenvalue weighted by Crippen LogP contribution is 2.25. The molecule has 4 aromatic rings. The van der Waals surface area contributed by atoms with Gasteiger partial charge in [-0.25, -0.2) is 0 Å². The summed E-state index contributed by atoms with van der Waals surface area (Å²) in [4.78, 5) is 11.5. The first-order valence-corrected chi connectivity index (χ1v) is 11.1. The number of aromatic nitrogens is 2. The number of fused-ring (bicyclic) bond motifs is 2. The van der Waals surface area contributed by atoms with Crippen LogP contribution in [0.15, 0.2) is 73.1 Å². The molecule has 0 aliphatic carbocycles. The van der Waals surface area contributed by atoms with Gasteiger partial charge in [0.05, 0.1) is 11.0 Å². The number of aryl methyl sites for hydroxylation is 1. The summed E-state index contributed by atoms with van der Waals surface area (Å²) in [7, 11) is 0. The molecule has 9 heteroatoms. The highest BCUT2D eigenvalue weighted by atomic mass is 32.2. The molecule has 0 aliphatic rings. The van der Waals surface area contributed by atoms with Gasteiger partial charge >= 0.3 is 6.36 Å². The van der Waals surface area contributed by atoms with Crippen molar-refractivity contribution in [2.45, 2.75) is 39.0 Å². The van der Waals surface area contributed by atoms with Crippen LogP contribution in [0, 0.1) is 0 Å². The molecule has 2 aromatic heterocycles. The fourth-order valence-electron chi connectivity index (χ4n) is 3.07. The molecular formula is C24H23F3N2O3S. The zero-order valence-electron chi connectivity index (χ0n) is 17.9. The quantitative estimate of drug-likeness (QED) is 0.113. The minimum atomic E-state index is -4.86. The maximum Gasteiger partial charge on any atom is 0.550 e. The van der Waals surface area contributed by atoms with Gasteiger partial charge in [-0.3, -0.25) is 9.97 Å². The van der Waals surface area contributed by atoms with Gasteiger partial charge in [-0.2, -0.15) is 0 Å². The molecule has 0 spiro atoms. The van der Waals surface area contributed by atoms with Crippen molar-refractivity contribution in [3.05, 3.63) is 78.6 Å². The number of pyridine rings is 2. The lowest BCUT2D eigenvalue weighted by Crippen LogP contribution is -2.11. The van der Waals surface area contributed by atoms with Crippen LogP contribution >= 0.6 is 12.3 Å². The number of rotatable bonds is 8. The van der Waals surface area contributed by atoms with E-state index in [0.29, 0.717) is 5.75 Å². The normalized spacial score (nSPS) is 11.3. The Kier molecular flexibility index (Phi) is 9.29. The van der Waals surface area contributed by atoms with Crippen LogP contribution in [-0.4, -0.2) is 16.3 Å². The van der Waals surface area contributed by atoms with E-state index >= 15 is 0 Å². The summed E-state index contributed by atoms with van der Waals surface area (Å²) in [5.74, 6) is 0.325. The molecule has 0 fully saturated rings. The Morgan fingerprint density at radius 3 is 2.18 bits per heavy atom. The third-order valence-electron chi connectivity index (χ3n) is 4.60. The molecule has 0 unspecified atom stereocenters. The average Bonchev–Trinajstić information content (AvgIpc) is 2.82. The highest BCUT2D eigenvalue weighted by molar-refractivity contribution is 7.90. The standard InChI is InChI=1S/C14H17N.C10H6F3NO3S/c1-2-3-4-6-12-8-9-14-13(11-12)7-5-10-15-14;11-10(12,13)16-17-18-15-8-3-4-9-7(6-8)2-1-5-14-9/h5,7-11H,2-4,6H2,1H3;1-6H. The second-order valence-corrected chi connectivity index (χ2v) is 7.53.